The molecule has 4 N–H and O–H groups in total. The molecule has 11 heteroatoms. The number of nitrogens with two attached hydrogens (primary N) is 1. The predicted octanol–water partition coefficient (Wildman–Crippen LogP) is 6.28. The summed E-state index contributed by atoms with van der Waals surface area (Å²) in [7, 11) is 0. The van der Waals surface area contributed by atoms with Gasteiger partial charge in [0.1, 0.15) is 17.2 Å². The molecule has 3 amide bonds. The summed E-state index contributed by atoms with van der Waals surface area (Å²) in [5, 5.41) is 6.63. The number of pyridine rings is 1. The highest BCUT2D eigenvalue weighted by Crippen LogP contribution is 2.35. The summed E-state index contributed by atoms with van der Waals surface area (Å²) in [5.74, 6) is 1.48. The fourth-order valence-corrected chi connectivity index (χ4v) is 4.72. The first kappa shape index (κ1) is 28.5. The Balaban J connectivity index is 1.41. The zero-order valence-corrected chi connectivity index (χ0v) is 23.2. The van der Waals surface area contributed by atoms with Crippen LogP contribution in [-0.4, -0.2) is 40.4 Å². The van der Waals surface area contributed by atoms with E-state index in [1.54, 1.807) is 49.5 Å². The quantitative estimate of drug-likeness (QED) is 0.206. The number of anilines is 1. The van der Waals surface area contributed by atoms with E-state index in [1.165, 1.54) is 11.8 Å². The maximum Gasteiger partial charge on any atom is 0.319 e. The van der Waals surface area contributed by atoms with E-state index in [1.807, 2.05) is 0 Å². The van der Waals surface area contributed by atoms with Gasteiger partial charge in [-0.1, -0.05) is 36.2 Å². The number of nitrogens with one attached hydrogen (secondary N) is 2. The van der Waals surface area contributed by atoms with Gasteiger partial charge >= 0.3 is 6.03 Å². The minimum Gasteiger partial charge on any atom is -0.493 e. The van der Waals surface area contributed by atoms with Crippen LogP contribution in [0.15, 0.2) is 42.6 Å². The number of benzene rings is 2. The van der Waals surface area contributed by atoms with Gasteiger partial charge in [-0.25, -0.2) is 4.79 Å². The first-order chi connectivity index (χ1) is 18.8. The van der Waals surface area contributed by atoms with Crippen molar-refractivity contribution in [1.82, 2.24) is 10.3 Å². The van der Waals surface area contributed by atoms with Crippen LogP contribution in [0.3, 0.4) is 0 Å². The summed E-state index contributed by atoms with van der Waals surface area (Å²) in [4.78, 5) is 39.7. The molecule has 0 spiro atoms. The van der Waals surface area contributed by atoms with E-state index in [-0.39, 0.29) is 22.8 Å². The van der Waals surface area contributed by atoms with Crippen LogP contribution >= 0.6 is 23.4 Å². The zero-order chi connectivity index (χ0) is 27.8. The van der Waals surface area contributed by atoms with Crippen LogP contribution < -0.4 is 25.8 Å². The van der Waals surface area contributed by atoms with E-state index < -0.39 is 5.91 Å². The summed E-state index contributed by atoms with van der Waals surface area (Å²) in [6, 6.07) is 9.88. The molecule has 1 aliphatic carbocycles. The Kier molecular flexibility index (Phi) is 9.89. The number of carbonyl (C=O) groups excluding carboxylic acids is 3. The van der Waals surface area contributed by atoms with E-state index in [2.05, 4.69) is 15.6 Å². The van der Waals surface area contributed by atoms with Gasteiger partial charge in [-0.3, -0.25) is 14.6 Å². The number of fused-ring (bicyclic) bond motifs is 1. The fraction of sp³-hybridized carbons (Fsp3) is 0.357. The molecular weight excluding hydrogens is 540 g/mol. The van der Waals surface area contributed by atoms with Crippen molar-refractivity contribution in [2.75, 3.05) is 17.7 Å². The molecule has 0 radical (unpaired) electrons. The molecule has 0 bridgehead atoms. The van der Waals surface area contributed by atoms with E-state index in [9.17, 15) is 14.4 Å². The number of thioether (sulfide) groups is 1. The second kappa shape index (κ2) is 13.5. The Morgan fingerprint density at radius 1 is 1.08 bits per heavy atom. The van der Waals surface area contributed by atoms with Gasteiger partial charge in [0, 0.05) is 42.4 Å². The first-order valence-electron chi connectivity index (χ1n) is 12.8. The number of hydrogen-bond acceptors (Lipinski definition) is 7. The molecule has 1 aromatic heterocycles. The van der Waals surface area contributed by atoms with E-state index in [4.69, 9.17) is 26.8 Å². The monoisotopic (exact) mass is 570 g/mol. The van der Waals surface area contributed by atoms with E-state index in [0.29, 0.717) is 45.5 Å². The normalized spacial score (nSPS) is 12.7. The summed E-state index contributed by atoms with van der Waals surface area (Å²) >= 11 is 7.72. The van der Waals surface area contributed by atoms with E-state index in [0.717, 1.165) is 44.3 Å². The molecule has 39 heavy (non-hydrogen) atoms. The van der Waals surface area contributed by atoms with Gasteiger partial charge in [0.05, 0.1) is 28.4 Å². The smallest absolute Gasteiger partial charge is 0.319 e. The van der Waals surface area contributed by atoms with Crippen molar-refractivity contribution in [3.05, 3.63) is 53.2 Å². The molecule has 2 aromatic carbocycles. The lowest BCUT2D eigenvalue weighted by molar-refractivity contribution is -0.109. The Morgan fingerprint density at radius 2 is 1.87 bits per heavy atom. The topological polar surface area (TPSA) is 133 Å². The molecule has 1 aliphatic rings. The molecule has 1 fully saturated rings. The average Bonchev–Trinajstić information content (AvgIpc) is 3.70. The number of nitrogens with zero attached hydrogens (tertiary/aromatic N) is 1. The molecule has 3 aromatic rings. The van der Waals surface area contributed by atoms with Gasteiger partial charge < -0.3 is 25.8 Å². The third-order valence-corrected chi connectivity index (χ3v) is 7.21. The number of halogens is 1. The average molecular weight is 571 g/mol. The number of amides is 3. The number of ether oxygens (including phenoxy) is 2. The van der Waals surface area contributed by atoms with Gasteiger partial charge in [0.2, 0.25) is 0 Å². The summed E-state index contributed by atoms with van der Waals surface area (Å²) in [6.45, 7) is 2.01. The minimum atomic E-state index is -0.620. The number of urea groups is 1. The van der Waals surface area contributed by atoms with Crippen molar-refractivity contribution in [1.29, 1.82) is 0 Å². The van der Waals surface area contributed by atoms with Gasteiger partial charge in [0.15, 0.2) is 5.12 Å². The Labute approximate surface area is 236 Å². The molecule has 4 rings (SSSR count). The third-order valence-electron chi connectivity index (χ3n) is 6.00. The van der Waals surface area contributed by atoms with Crippen molar-refractivity contribution < 1.29 is 23.9 Å². The molecule has 1 saturated carbocycles. The van der Waals surface area contributed by atoms with Crippen LogP contribution in [0.1, 0.15) is 55.8 Å². The zero-order valence-electron chi connectivity index (χ0n) is 21.6. The van der Waals surface area contributed by atoms with Crippen LogP contribution in [0.2, 0.25) is 5.02 Å². The highest BCUT2D eigenvalue weighted by Gasteiger charge is 2.23. The van der Waals surface area contributed by atoms with Gasteiger partial charge in [0.25, 0.3) is 5.91 Å². The summed E-state index contributed by atoms with van der Waals surface area (Å²) in [5.41, 5.74) is 6.94. The second-order valence-corrected chi connectivity index (χ2v) is 10.9. The van der Waals surface area contributed by atoms with Crippen molar-refractivity contribution in [3.63, 3.8) is 0 Å². The molecule has 206 valence electrons. The van der Waals surface area contributed by atoms with Gasteiger partial charge in [-0.2, -0.15) is 0 Å². The first-order valence-corrected chi connectivity index (χ1v) is 14.2. The van der Waals surface area contributed by atoms with Gasteiger partial charge in [-0.15, -0.1) is 0 Å². The molecular formula is C28H31ClN4O5S. The lowest BCUT2D eigenvalue weighted by atomic mass is 10.1. The maximum absolute atomic E-state index is 12.2. The lowest BCUT2D eigenvalue weighted by Crippen LogP contribution is -2.30. The highest BCUT2D eigenvalue weighted by atomic mass is 35.5. The van der Waals surface area contributed by atoms with Crippen LogP contribution in [0.5, 0.6) is 17.2 Å². The number of primary amides is 1. The Hall–Kier alpha value is -3.50. The molecule has 0 saturated heterocycles. The largest absolute Gasteiger partial charge is 0.493 e. The number of unbranched alkanes of at least 4 members (excludes halogenated alkanes) is 3. The molecule has 0 aliphatic heterocycles. The Bertz CT molecular complexity index is 1370. The highest BCUT2D eigenvalue weighted by molar-refractivity contribution is 8.13. The SMILES string of the molecule is CC(=O)SCCCCCCOc1cc2nccc(Oc3ccc(NC(=O)NC4CC4)c(Cl)c3)c2cc1C(N)=O. The number of carbonyl (C=O) groups is 3. The van der Waals surface area contributed by atoms with Crippen LogP contribution in [0.4, 0.5) is 10.5 Å². The molecule has 0 atom stereocenters. The van der Waals surface area contributed by atoms with Crippen LogP contribution in [-0.2, 0) is 4.79 Å². The predicted molar refractivity (Wildman–Crippen MR) is 154 cm³/mol. The Morgan fingerprint density at radius 3 is 2.59 bits per heavy atom. The van der Waals surface area contributed by atoms with Crippen LogP contribution in [0.25, 0.3) is 10.9 Å². The summed E-state index contributed by atoms with van der Waals surface area (Å²) in [6.07, 6.45) is 7.32. The summed E-state index contributed by atoms with van der Waals surface area (Å²) < 4.78 is 12.0. The maximum atomic E-state index is 12.2. The lowest BCUT2D eigenvalue weighted by Gasteiger charge is -2.14. The van der Waals surface area contributed by atoms with Crippen molar-refractivity contribution in [3.8, 4) is 17.2 Å². The molecule has 9 nitrogen and oxygen atoms in total. The number of rotatable bonds is 13. The standard InChI is InChI=1S/C28H31ClN4O5S/c1-17(34)39-13-5-3-2-4-12-37-26-16-24-20(15-21(26)27(30)35)25(10-11-31-24)38-19-8-9-23(22(29)14-19)33-28(36)32-18-6-7-18/h8-11,14-16,18H,2-7,12-13H2,1H3,(H2,30,35)(H2,32,33,36). The van der Waals surface area contributed by atoms with Crippen LogP contribution in [0, 0.1) is 0 Å². The second-order valence-electron chi connectivity index (χ2n) is 9.26. The van der Waals surface area contributed by atoms with Crippen molar-refractivity contribution >= 4 is 57.0 Å². The number of aromatic nitrogens is 1. The third kappa shape index (κ3) is 8.49. The van der Waals surface area contributed by atoms with Gasteiger partial charge in [-0.05, 0) is 49.9 Å². The van der Waals surface area contributed by atoms with Crippen molar-refractivity contribution in [2.45, 2.75) is 51.5 Å². The van der Waals surface area contributed by atoms with Crippen molar-refractivity contribution in [2.24, 2.45) is 5.73 Å². The van der Waals surface area contributed by atoms with E-state index >= 15 is 0 Å². The fourth-order valence-electron chi connectivity index (χ4n) is 3.86. The molecule has 0 unspecified atom stereocenters. The molecule has 1 heterocycles. The number of hydrogen-bond donors (Lipinski definition) is 3. The minimum absolute atomic E-state index is 0.139.